The Balaban J connectivity index is 1.77. The van der Waals surface area contributed by atoms with E-state index in [2.05, 4.69) is 53.2 Å². The minimum atomic E-state index is -0.375. The maximum absolute atomic E-state index is 10.9. The van der Waals surface area contributed by atoms with Crippen LogP contribution in [0.25, 0.3) is 28.1 Å². The molecule has 0 unspecified atom stereocenters. The minimum absolute atomic E-state index is 0.101. The fourth-order valence-electron chi connectivity index (χ4n) is 3.74. The van der Waals surface area contributed by atoms with Gasteiger partial charge in [0.25, 0.3) is 5.69 Å². The van der Waals surface area contributed by atoms with Gasteiger partial charge in [-0.1, -0.05) is 30.3 Å². The number of aromatic nitrogens is 1. The van der Waals surface area contributed by atoms with Gasteiger partial charge in [-0.05, 0) is 41.3 Å². The molecule has 0 bridgehead atoms. The summed E-state index contributed by atoms with van der Waals surface area (Å²) in [6, 6.07) is 25.5. The Morgan fingerprint density at radius 3 is 2.41 bits per heavy atom. The number of nitro groups is 1. The third-order valence-electron chi connectivity index (χ3n) is 4.98. The van der Waals surface area contributed by atoms with Gasteiger partial charge in [0, 0.05) is 24.3 Å². The van der Waals surface area contributed by atoms with E-state index in [0.717, 1.165) is 28.1 Å². The van der Waals surface area contributed by atoms with Gasteiger partial charge in [-0.3, -0.25) is 10.1 Å². The summed E-state index contributed by atoms with van der Waals surface area (Å²) >= 11 is 0. The number of nitrogens with zero attached hydrogens (tertiary/aromatic N) is 2. The lowest BCUT2D eigenvalue weighted by Crippen LogP contribution is -2.30. The third-order valence-corrected chi connectivity index (χ3v) is 4.98. The first-order valence-corrected chi connectivity index (χ1v) is 8.72. The van der Waals surface area contributed by atoms with Crippen molar-refractivity contribution >= 4 is 28.1 Å². The molecule has 0 radical (unpaired) electrons. The summed E-state index contributed by atoms with van der Waals surface area (Å²) in [7, 11) is 0. The van der Waals surface area contributed by atoms with Crippen LogP contribution in [0.3, 0.4) is 0 Å². The van der Waals surface area contributed by atoms with Crippen LogP contribution in [0, 0.1) is 10.1 Å². The molecule has 0 saturated carbocycles. The van der Waals surface area contributed by atoms with Gasteiger partial charge in [0.15, 0.2) is 6.20 Å². The second-order valence-electron chi connectivity index (χ2n) is 6.55. The van der Waals surface area contributed by atoms with Gasteiger partial charge in [-0.25, -0.2) is 0 Å². The van der Waals surface area contributed by atoms with E-state index < -0.39 is 0 Å². The molecule has 4 aromatic rings. The molecule has 1 aromatic heterocycles. The predicted molar refractivity (Wildman–Crippen MR) is 106 cm³/mol. The quantitative estimate of drug-likeness (QED) is 0.257. The summed E-state index contributed by atoms with van der Waals surface area (Å²) in [5.41, 5.74) is 5.61. The van der Waals surface area contributed by atoms with Crippen molar-refractivity contribution in [3.05, 3.63) is 112 Å². The highest BCUT2D eigenvalue weighted by molar-refractivity contribution is 6.02. The van der Waals surface area contributed by atoms with Crippen LogP contribution in [-0.4, -0.2) is 4.92 Å². The largest absolute Gasteiger partial charge is 0.269 e. The normalized spacial score (nSPS) is 13.6. The summed E-state index contributed by atoms with van der Waals surface area (Å²) in [6.45, 7) is 0. The minimum Gasteiger partial charge on any atom is -0.258 e. The Kier molecular flexibility index (Phi) is 3.37. The van der Waals surface area contributed by atoms with Crippen LogP contribution in [0.4, 0.5) is 5.69 Å². The number of nitro benzene ring substituents is 1. The van der Waals surface area contributed by atoms with Gasteiger partial charge >= 0.3 is 0 Å². The maximum atomic E-state index is 10.9. The lowest BCUT2D eigenvalue weighted by atomic mass is 9.98. The summed E-state index contributed by atoms with van der Waals surface area (Å²) in [5, 5.41) is 13.3. The van der Waals surface area contributed by atoms with Crippen molar-refractivity contribution in [1.29, 1.82) is 0 Å². The van der Waals surface area contributed by atoms with E-state index in [1.807, 2.05) is 18.2 Å². The Labute approximate surface area is 155 Å². The molecule has 0 fully saturated rings. The van der Waals surface area contributed by atoms with Crippen molar-refractivity contribution in [3.63, 3.8) is 0 Å². The number of non-ortho nitro benzene ring substituents is 1. The fraction of sp³-hybridized carbons (Fsp3) is 0. The van der Waals surface area contributed by atoms with Crippen LogP contribution in [0.15, 0.2) is 85.1 Å². The Bertz CT molecular complexity index is 1240. The molecule has 2 heterocycles. The highest BCUT2D eigenvalue weighted by Crippen LogP contribution is 2.36. The standard InChI is InChI=1S/C23H15N2O2/c26-25(27)18-11-9-16(10-12-18)15-21-20-7-3-4-8-22(20)24-14-13-17-5-1-2-6-19(17)23(21)24/h1-15H/q+1/b21-15-. The molecular weight excluding hydrogens is 336 g/mol. The fourth-order valence-corrected chi connectivity index (χ4v) is 3.74. The van der Waals surface area contributed by atoms with Crippen LogP contribution in [0.2, 0.25) is 0 Å². The topological polar surface area (TPSA) is 47.0 Å². The average Bonchev–Trinajstić information content (AvgIpc) is 3.03. The zero-order valence-electron chi connectivity index (χ0n) is 14.4. The molecule has 0 saturated heterocycles. The van der Waals surface area contributed by atoms with E-state index in [1.165, 1.54) is 10.8 Å². The molecule has 0 atom stereocenters. The number of hydrogen-bond acceptors (Lipinski definition) is 2. The Morgan fingerprint density at radius 2 is 1.59 bits per heavy atom. The third kappa shape index (κ3) is 2.42. The van der Waals surface area contributed by atoms with Crippen molar-refractivity contribution in [2.45, 2.75) is 0 Å². The Hall–Kier alpha value is -3.79. The monoisotopic (exact) mass is 351 g/mol. The van der Waals surface area contributed by atoms with Crippen LogP contribution in [-0.2, 0) is 0 Å². The van der Waals surface area contributed by atoms with E-state index in [0.29, 0.717) is 0 Å². The van der Waals surface area contributed by atoms with Gasteiger partial charge < -0.3 is 0 Å². The van der Waals surface area contributed by atoms with E-state index in [4.69, 9.17) is 0 Å². The summed E-state index contributed by atoms with van der Waals surface area (Å²) < 4.78 is 2.22. The second kappa shape index (κ2) is 5.88. The molecule has 0 amide bonds. The summed E-state index contributed by atoms with van der Waals surface area (Å²) in [4.78, 5) is 10.5. The molecule has 4 heteroatoms. The number of benzene rings is 3. The molecule has 4 nitrogen and oxygen atoms in total. The molecule has 1 aliphatic rings. The van der Waals surface area contributed by atoms with E-state index in [9.17, 15) is 10.1 Å². The first-order chi connectivity index (χ1) is 13.2. The van der Waals surface area contributed by atoms with Crippen LogP contribution in [0.1, 0.15) is 16.8 Å². The van der Waals surface area contributed by atoms with Crippen LogP contribution >= 0.6 is 0 Å². The average molecular weight is 351 g/mol. The van der Waals surface area contributed by atoms with Gasteiger partial charge in [0.05, 0.1) is 21.4 Å². The van der Waals surface area contributed by atoms with Gasteiger partial charge in [-0.2, -0.15) is 4.57 Å². The molecule has 0 N–H and O–H groups in total. The zero-order chi connectivity index (χ0) is 18.4. The molecule has 27 heavy (non-hydrogen) atoms. The molecule has 0 aliphatic carbocycles. The van der Waals surface area contributed by atoms with Gasteiger partial charge in [0.1, 0.15) is 0 Å². The van der Waals surface area contributed by atoms with Crippen molar-refractivity contribution in [2.75, 3.05) is 0 Å². The summed E-state index contributed by atoms with van der Waals surface area (Å²) in [6.07, 6.45) is 4.21. The highest BCUT2D eigenvalue weighted by Gasteiger charge is 2.33. The molecule has 5 rings (SSSR count). The van der Waals surface area contributed by atoms with Crippen LogP contribution in [0.5, 0.6) is 0 Å². The number of hydrogen-bond donors (Lipinski definition) is 0. The van der Waals surface area contributed by atoms with E-state index >= 15 is 0 Å². The zero-order valence-corrected chi connectivity index (χ0v) is 14.4. The smallest absolute Gasteiger partial charge is 0.258 e. The predicted octanol–water partition coefficient (Wildman–Crippen LogP) is 4.93. The molecular formula is C23H15N2O2+. The van der Waals surface area contributed by atoms with Crippen molar-refractivity contribution < 1.29 is 9.49 Å². The van der Waals surface area contributed by atoms with E-state index in [1.54, 1.807) is 24.3 Å². The SMILES string of the molecule is O=[N+]([O-])c1ccc(/C=C2/c3ccccc3-[n+]3ccc4ccccc4c32)cc1. The number of pyridine rings is 1. The summed E-state index contributed by atoms with van der Waals surface area (Å²) in [5.74, 6) is 0. The number of fused-ring (bicyclic) bond motifs is 5. The Morgan fingerprint density at radius 1 is 0.852 bits per heavy atom. The van der Waals surface area contributed by atoms with Crippen LogP contribution < -0.4 is 4.57 Å². The van der Waals surface area contributed by atoms with Gasteiger partial charge in [-0.15, -0.1) is 0 Å². The van der Waals surface area contributed by atoms with Crippen molar-refractivity contribution in [3.8, 4) is 5.69 Å². The first-order valence-electron chi connectivity index (χ1n) is 8.72. The maximum Gasteiger partial charge on any atom is 0.269 e. The lowest BCUT2D eigenvalue weighted by molar-refractivity contribution is -0.592. The van der Waals surface area contributed by atoms with Gasteiger partial charge in [0.2, 0.25) is 11.4 Å². The van der Waals surface area contributed by atoms with E-state index in [-0.39, 0.29) is 10.6 Å². The molecule has 128 valence electrons. The van der Waals surface area contributed by atoms with Crippen molar-refractivity contribution in [2.24, 2.45) is 0 Å². The molecule has 3 aromatic carbocycles. The highest BCUT2D eigenvalue weighted by atomic mass is 16.6. The lowest BCUT2D eigenvalue weighted by Gasteiger charge is -2.02. The number of rotatable bonds is 2. The first kappa shape index (κ1) is 15.5. The second-order valence-corrected chi connectivity index (χ2v) is 6.55. The number of para-hydroxylation sites is 1. The van der Waals surface area contributed by atoms with Crippen molar-refractivity contribution in [1.82, 2.24) is 0 Å². The molecule has 1 aliphatic heterocycles. The molecule has 0 spiro atoms.